The number of anilines is 1. The number of nitrogens with two attached hydrogens (primary N) is 1. The van der Waals surface area contributed by atoms with Crippen molar-refractivity contribution in [2.75, 3.05) is 19.0 Å². The first kappa shape index (κ1) is 16.0. The van der Waals surface area contributed by atoms with Crippen molar-refractivity contribution in [2.24, 2.45) is 11.7 Å². The van der Waals surface area contributed by atoms with E-state index in [-0.39, 0.29) is 17.4 Å². The van der Waals surface area contributed by atoms with Crippen LogP contribution in [0.25, 0.3) is 0 Å². The highest BCUT2D eigenvalue weighted by Gasteiger charge is 2.12. The van der Waals surface area contributed by atoms with E-state index in [0.29, 0.717) is 30.8 Å². The van der Waals surface area contributed by atoms with Crippen molar-refractivity contribution >= 4 is 17.6 Å². The quantitative estimate of drug-likeness (QED) is 0.705. The van der Waals surface area contributed by atoms with Crippen molar-refractivity contribution < 1.29 is 19.4 Å². The molecule has 0 aliphatic heterocycles. The van der Waals surface area contributed by atoms with Crippen LogP contribution in [0, 0.1) is 5.92 Å². The minimum absolute atomic E-state index is 0.0939. The summed E-state index contributed by atoms with van der Waals surface area (Å²) in [6.45, 7) is 2.50. The Balaban J connectivity index is 2.76. The molecule has 0 saturated carbocycles. The van der Waals surface area contributed by atoms with Crippen LogP contribution in [0.1, 0.15) is 30.1 Å². The van der Waals surface area contributed by atoms with E-state index < -0.39 is 5.97 Å². The fraction of sp³-hybridized carbons (Fsp3) is 0.429. The average Bonchev–Trinajstić information content (AvgIpc) is 2.44. The second kappa shape index (κ2) is 7.49. The van der Waals surface area contributed by atoms with Gasteiger partial charge in [-0.15, -0.1) is 0 Å². The van der Waals surface area contributed by atoms with Crippen molar-refractivity contribution in [1.29, 1.82) is 0 Å². The maximum Gasteiger partial charge on any atom is 0.335 e. The molecule has 6 nitrogen and oxygen atoms in total. The fourth-order valence-electron chi connectivity index (χ4n) is 1.65. The third-order valence-electron chi connectivity index (χ3n) is 2.99. The number of rotatable bonds is 7. The Bertz CT molecular complexity index is 488. The Morgan fingerprint density at radius 3 is 2.70 bits per heavy atom. The van der Waals surface area contributed by atoms with Gasteiger partial charge >= 0.3 is 5.97 Å². The highest BCUT2D eigenvalue weighted by Crippen LogP contribution is 2.25. The molecular weight excluding hydrogens is 260 g/mol. The largest absolute Gasteiger partial charge is 0.495 e. The summed E-state index contributed by atoms with van der Waals surface area (Å²) in [4.78, 5) is 22.8. The molecule has 4 N–H and O–H groups in total. The summed E-state index contributed by atoms with van der Waals surface area (Å²) >= 11 is 0. The predicted molar refractivity (Wildman–Crippen MR) is 76.0 cm³/mol. The number of ether oxygens (including phenoxy) is 1. The van der Waals surface area contributed by atoms with Crippen molar-refractivity contribution in [2.45, 2.75) is 19.8 Å². The number of carboxylic acids is 1. The van der Waals surface area contributed by atoms with Gasteiger partial charge in [0.1, 0.15) is 5.75 Å². The lowest BCUT2D eigenvalue weighted by Gasteiger charge is -2.12. The number of aromatic carboxylic acids is 1. The minimum Gasteiger partial charge on any atom is -0.495 e. The number of nitrogens with one attached hydrogen (secondary N) is 1. The molecule has 20 heavy (non-hydrogen) atoms. The molecule has 1 amide bonds. The minimum atomic E-state index is -1.06. The van der Waals surface area contributed by atoms with Crippen LogP contribution in [-0.4, -0.2) is 30.6 Å². The van der Waals surface area contributed by atoms with E-state index in [4.69, 9.17) is 15.6 Å². The number of carbonyl (C=O) groups excluding carboxylic acids is 1. The monoisotopic (exact) mass is 280 g/mol. The topological polar surface area (TPSA) is 102 Å². The Morgan fingerprint density at radius 1 is 1.45 bits per heavy atom. The summed E-state index contributed by atoms with van der Waals surface area (Å²) in [6, 6.07) is 4.32. The fourth-order valence-corrected chi connectivity index (χ4v) is 1.65. The SMILES string of the molecule is COc1ccc(C(=O)O)cc1NC(=O)CCC(C)CN. The molecule has 6 heteroatoms. The second-order valence-electron chi connectivity index (χ2n) is 4.65. The van der Waals surface area contributed by atoms with E-state index in [1.165, 1.54) is 25.3 Å². The van der Waals surface area contributed by atoms with Crippen molar-refractivity contribution in [1.82, 2.24) is 0 Å². The molecule has 1 aromatic carbocycles. The summed E-state index contributed by atoms with van der Waals surface area (Å²) in [7, 11) is 1.46. The first-order valence-corrected chi connectivity index (χ1v) is 6.39. The average molecular weight is 280 g/mol. The van der Waals surface area contributed by atoms with E-state index in [1.807, 2.05) is 6.92 Å². The number of benzene rings is 1. The lowest BCUT2D eigenvalue weighted by molar-refractivity contribution is -0.116. The van der Waals surface area contributed by atoms with Gasteiger partial charge in [-0.3, -0.25) is 4.79 Å². The summed E-state index contributed by atoms with van der Waals surface area (Å²) in [5, 5.41) is 11.6. The molecule has 1 rings (SSSR count). The van der Waals surface area contributed by atoms with Crippen LogP contribution >= 0.6 is 0 Å². The van der Waals surface area contributed by atoms with Crippen LogP contribution in [-0.2, 0) is 4.79 Å². The Morgan fingerprint density at radius 2 is 2.15 bits per heavy atom. The zero-order valence-corrected chi connectivity index (χ0v) is 11.7. The van der Waals surface area contributed by atoms with Gasteiger partial charge in [-0.2, -0.15) is 0 Å². The van der Waals surface area contributed by atoms with Crippen molar-refractivity contribution in [3.63, 3.8) is 0 Å². The maximum atomic E-state index is 11.8. The van der Waals surface area contributed by atoms with Crippen LogP contribution in [0.2, 0.25) is 0 Å². The molecule has 0 fully saturated rings. The first-order chi connectivity index (χ1) is 9.47. The van der Waals surface area contributed by atoms with Crippen molar-refractivity contribution in [3.8, 4) is 5.75 Å². The maximum absolute atomic E-state index is 11.8. The van der Waals surface area contributed by atoms with E-state index in [0.717, 1.165) is 0 Å². The number of methoxy groups -OCH3 is 1. The van der Waals surface area contributed by atoms with E-state index in [9.17, 15) is 9.59 Å². The van der Waals surface area contributed by atoms with Crippen LogP contribution in [0.3, 0.4) is 0 Å². The Labute approximate surface area is 117 Å². The number of hydrogen-bond acceptors (Lipinski definition) is 4. The molecular formula is C14H20N2O4. The van der Waals surface area contributed by atoms with Crippen LogP contribution in [0.5, 0.6) is 5.75 Å². The highest BCUT2D eigenvalue weighted by molar-refractivity contribution is 5.95. The Hall–Kier alpha value is -2.08. The summed E-state index contributed by atoms with van der Waals surface area (Å²) in [6.07, 6.45) is 1.02. The third kappa shape index (κ3) is 4.55. The van der Waals surface area contributed by atoms with Crippen LogP contribution < -0.4 is 15.8 Å². The van der Waals surface area contributed by atoms with Gasteiger partial charge in [0, 0.05) is 6.42 Å². The molecule has 0 aliphatic carbocycles. The van der Waals surface area contributed by atoms with E-state index >= 15 is 0 Å². The molecule has 0 aromatic heterocycles. The number of carboxylic acid groups (broad SMARTS) is 1. The summed E-state index contributed by atoms with van der Waals surface area (Å²) < 4.78 is 5.10. The second-order valence-corrected chi connectivity index (χ2v) is 4.65. The smallest absolute Gasteiger partial charge is 0.335 e. The number of hydrogen-bond donors (Lipinski definition) is 3. The normalized spacial score (nSPS) is 11.8. The van der Waals surface area contributed by atoms with Gasteiger partial charge in [0.15, 0.2) is 0 Å². The van der Waals surface area contributed by atoms with Gasteiger partial charge in [-0.1, -0.05) is 6.92 Å². The lowest BCUT2D eigenvalue weighted by atomic mass is 10.1. The van der Waals surface area contributed by atoms with Crippen molar-refractivity contribution in [3.05, 3.63) is 23.8 Å². The van der Waals surface area contributed by atoms with E-state index in [2.05, 4.69) is 5.32 Å². The lowest BCUT2D eigenvalue weighted by Crippen LogP contribution is -2.17. The standard InChI is InChI=1S/C14H20N2O4/c1-9(8-15)3-6-13(17)16-11-7-10(14(18)19)4-5-12(11)20-2/h4-5,7,9H,3,6,8,15H2,1-2H3,(H,16,17)(H,18,19). The number of amides is 1. The summed E-state index contributed by atoms with van der Waals surface area (Å²) in [5.41, 5.74) is 5.95. The molecule has 1 atom stereocenters. The molecule has 1 unspecified atom stereocenters. The predicted octanol–water partition coefficient (Wildman–Crippen LogP) is 1.71. The molecule has 0 bridgehead atoms. The molecule has 0 heterocycles. The molecule has 1 aromatic rings. The molecule has 0 aliphatic rings. The van der Waals surface area contributed by atoms with Gasteiger partial charge in [0.05, 0.1) is 18.4 Å². The Kier molecular flexibility index (Phi) is 5.99. The van der Waals surface area contributed by atoms with Gasteiger partial charge in [0.2, 0.25) is 5.91 Å². The third-order valence-corrected chi connectivity index (χ3v) is 2.99. The zero-order chi connectivity index (χ0) is 15.1. The van der Waals surface area contributed by atoms with Gasteiger partial charge < -0.3 is 20.9 Å². The summed E-state index contributed by atoms with van der Waals surface area (Å²) in [5.74, 6) is -0.547. The van der Waals surface area contributed by atoms with Gasteiger partial charge in [0.25, 0.3) is 0 Å². The molecule has 110 valence electrons. The highest BCUT2D eigenvalue weighted by atomic mass is 16.5. The van der Waals surface area contributed by atoms with Crippen LogP contribution in [0.15, 0.2) is 18.2 Å². The number of carbonyl (C=O) groups is 2. The molecule has 0 spiro atoms. The van der Waals surface area contributed by atoms with Gasteiger partial charge in [-0.05, 0) is 37.1 Å². The van der Waals surface area contributed by atoms with E-state index in [1.54, 1.807) is 0 Å². The van der Waals surface area contributed by atoms with Crippen LogP contribution in [0.4, 0.5) is 5.69 Å². The van der Waals surface area contributed by atoms with Gasteiger partial charge in [-0.25, -0.2) is 4.79 Å². The molecule has 0 saturated heterocycles. The molecule has 0 radical (unpaired) electrons. The zero-order valence-electron chi connectivity index (χ0n) is 11.7. The first-order valence-electron chi connectivity index (χ1n) is 6.39.